The average Bonchev–Trinajstić information content (AvgIpc) is 2.76. The zero-order chi connectivity index (χ0) is 22.1. The number of aryl methyl sites for hydroxylation is 4. The van der Waals surface area contributed by atoms with Gasteiger partial charge >= 0.3 is 0 Å². The fraction of sp³-hybridized carbons (Fsp3) is 0.375. The predicted molar refractivity (Wildman–Crippen MR) is 125 cm³/mol. The lowest BCUT2D eigenvalue weighted by Crippen LogP contribution is -2.49. The molecule has 162 valence electrons. The molecule has 7 heteroatoms. The number of anilines is 1. The van der Waals surface area contributed by atoms with Crippen LogP contribution in [0.2, 0.25) is 5.02 Å². The van der Waals surface area contributed by atoms with Crippen LogP contribution in [0.15, 0.2) is 41.2 Å². The number of halogens is 1. The van der Waals surface area contributed by atoms with Gasteiger partial charge in [-0.3, -0.25) is 9.59 Å². The van der Waals surface area contributed by atoms with E-state index in [2.05, 4.69) is 9.88 Å². The topological polar surface area (TPSA) is 58.4 Å². The summed E-state index contributed by atoms with van der Waals surface area (Å²) < 4.78 is 1.70. The lowest BCUT2D eigenvalue weighted by Gasteiger charge is -2.36. The molecule has 6 nitrogen and oxygen atoms in total. The van der Waals surface area contributed by atoms with Crippen LogP contribution in [0.1, 0.15) is 23.2 Å². The number of hydrogen-bond acceptors (Lipinski definition) is 4. The van der Waals surface area contributed by atoms with Crippen LogP contribution >= 0.6 is 11.6 Å². The Hall–Kier alpha value is -2.86. The molecule has 2 aromatic carbocycles. The molecule has 31 heavy (non-hydrogen) atoms. The molecule has 0 bridgehead atoms. The Bertz CT molecular complexity index is 1180. The van der Waals surface area contributed by atoms with Gasteiger partial charge in [-0.25, -0.2) is 4.98 Å². The Morgan fingerprint density at radius 3 is 2.32 bits per heavy atom. The highest BCUT2D eigenvalue weighted by Gasteiger charge is 2.21. The van der Waals surface area contributed by atoms with Gasteiger partial charge < -0.3 is 14.4 Å². The van der Waals surface area contributed by atoms with Gasteiger partial charge in [0.2, 0.25) is 5.91 Å². The van der Waals surface area contributed by atoms with E-state index >= 15 is 0 Å². The summed E-state index contributed by atoms with van der Waals surface area (Å²) >= 11 is 5.97. The second kappa shape index (κ2) is 8.71. The molecule has 3 aromatic rings. The van der Waals surface area contributed by atoms with Crippen molar-refractivity contribution in [3.8, 4) is 0 Å². The van der Waals surface area contributed by atoms with Gasteiger partial charge in [0, 0.05) is 49.9 Å². The molecule has 0 atom stereocenters. The Labute approximate surface area is 187 Å². The number of carbonyl (C=O) groups is 1. The van der Waals surface area contributed by atoms with E-state index in [4.69, 9.17) is 11.6 Å². The second-order valence-corrected chi connectivity index (χ2v) is 8.61. The molecule has 0 saturated carbocycles. The van der Waals surface area contributed by atoms with Crippen LogP contribution in [-0.4, -0.2) is 46.5 Å². The van der Waals surface area contributed by atoms with Crippen molar-refractivity contribution in [3.05, 3.63) is 68.6 Å². The van der Waals surface area contributed by atoms with Crippen molar-refractivity contribution in [1.29, 1.82) is 0 Å². The van der Waals surface area contributed by atoms with Crippen LogP contribution < -0.4 is 10.5 Å². The molecule has 2 heterocycles. The number of amides is 1. The normalized spacial score (nSPS) is 14.3. The fourth-order valence-electron chi connectivity index (χ4n) is 4.08. The number of carbonyl (C=O) groups excluding carboxylic acids is 1. The van der Waals surface area contributed by atoms with Gasteiger partial charge in [-0.2, -0.15) is 0 Å². The van der Waals surface area contributed by atoms with Gasteiger partial charge in [-0.15, -0.1) is 0 Å². The maximum absolute atomic E-state index is 12.9. The molecule has 0 radical (unpaired) electrons. The van der Waals surface area contributed by atoms with Crippen molar-refractivity contribution in [2.75, 3.05) is 31.1 Å². The van der Waals surface area contributed by atoms with Crippen molar-refractivity contribution in [2.24, 2.45) is 0 Å². The van der Waals surface area contributed by atoms with Crippen LogP contribution in [-0.2, 0) is 11.3 Å². The van der Waals surface area contributed by atoms with Crippen molar-refractivity contribution in [3.63, 3.8) is 0 Å². The first kappa shape index (κ1) is 21.4. The smallest absolute Gasteiger partial charge is 0.272 e. The molecular weight excluding hydrogens is 412 g/mol. The standard InChI is InChI=1S/C24H27ClN4O2/c1-16-14-21-22(15-17(16)2)29(24(31)18(3)26-21)9-8-23(30)28-12-10-27(11-13-28)20-6-4-19(25)5-7-20/h4-7,14-15H,8-13H2,1-3H3. The molecule has 4 rings (SSSR count). The van der Waals surface area contributed by atoms with Crippen LogP contribution in [0.25, 0.3) is 11.0 Å². The highest BCUT2D eigenvalue weighted by molar-refractivity contribution is 6.30. The van der Waals surface area contributed by atoms with Gasteiger partial charge in [0.05, 0.1) is 11.0 Å². The van der Waals surface area contributed by atoms with E-state index in [1.807, 2.05) is 55.1 Å². The number of fused-ring (bicyclic) bond motifs is 1. The van der Waals surface area contributed by atoms with Gasteiger partial charge in [0.25, 0.3) is 5.56 Å². The lowest BCUT2D eigenvalue weighted by molar-refractivity contribution is -0.131. The highest BCUT2D eigenvalue weighted by Crippen LogP contribution is 2.20. The minimum Gasteiger partial charge on any atom is -0.368 e. The number of benzene rings is 2. The third kappa shape index (κ3) is 4.44. The van der Waals surface area contributed by atoms with E-state index in [9.17, 15) is 9.59 Å². The average molecular weight is 439 g/mol. The summed E-state index contributed by atoms with van der Waals surface area (Å²) in [6.45, 7) is 9.05. The molecule has 1 amide bonds. The summed E-state index contributed by atoms with van der Waals surface area (Å²) in [5.41, 5.74) is 5.28. The zero-order valence-electron chi connectivity index (χ0n) is 18.2. The molecule has 1 aliphatic heterocycles. The summed E-state index contributed by atoms with van der Waals surface area (Å²) in [6.07, 6.45) is 0.298. The minimum atomic E-state index is -0.129. The SMILES string of the molecule is Cc1cc2nc(C)c(=O)n(CCC(=O)N3CCN(c4ccc(Cl)cc4)CC3)c2cc1C. The number of rotatable bonds is 4. The first-order valence-corrected chi connectivity index (χ1v) is 11.0. The molecule has 1 fully saturated rings. The maximum Gasteiger partial charge on any atom is 0.272 e. The number of nitrogens with zero attached hydrogens (tertiary/aromatic N) is 4. The number of piperazine rings is 1. The second-order valence-electron chi connectivity index (χ2n) is 8.17. The zero-order valence-corrected chi connectivity index (χ0v) is 18.9. The summed E-state index contributed by atoms with van der Waals surface area (Å²) in [7, 11) is 0. The number of aromatic nitrogens is 2. The molecule has 1 aliphatic rings. The monoisotopic (exact) mass is 438 g/mol. The van der Waals surface area contributed by atoms with Crippen molar-refractivity contribution in [1.82, 2.24) is 14.5 Å². The van der Waals surface area contributed by atoms with E-state index in [0.29, 0.717) is 31.7 Å². The van der Waals surface area contributed by atoms with E-state index in [1.165, 1.54) is 0 Å². The Morgan fingerprint density at radius 2 is 1.65 bits per heavy atom. The van der Waals surface area contributed by atoms with Crippen molar-refractivity contribution < 1.29 is 4.79 Å². The predicted octanol–water partition coefficient (Wildman–Crippen LogP) is 3.71. The van der Waals surface area contributed by atoms with Gasteiger partial charge in [-0.05, 0) is 68.3 Å². The molecule has 0 N–H and O–H groups in total. The Morgan fingerprint density at radius 1 is 1.00 bits per heavy atom. The Kier molecular flexibility index (Phi) is 6.01. The molecule has 1 aromatic heterocycles. The van der Waals surface area contributed by atoms with Gasteiger partial charge in [-0.1, -0.05) is 11.6 Å². The molecular formula is C24H27ClN4O2. The maximum atomic E-state index is 12.9. The fourth-order valence-corrected chi connectivity index (χ4v) is 4.20. The summed E-state index contributed by atoms with van der Waals surface area (Å²) in [5, 5.41) is 0.719. The van der Waals surface area contributed by atoms with Gasteiger partial charge in [0.15, 0.2) is 0 Å². The minimum absolute atomic E-state index is 0.0779. The lowest BCUT2D eigenvalue weighted by atomic mass is 10.1. The van der Waals surface area contributed by atoms with E-state index in [0.717, 1.165) is 46.0 Å². The highest BCUT2D eigenvalue weighted by atomic mass is 35.5. The van der Waals surface area contributed by atoms with Gasteiger partial charge in [0.1, 0.15) is 5.69 Å². The number of hydrogen-bond donors (Lipinski definition) is 0. The van der Waals surface area contributed by atoms with Crippen molar-refractivity contribution >= 4 is 34.2 Å². The Balaban J connectivity index is 1.44. The molecule has 1 saturated heterocycles. The molecule has 0 spiro atoms. The summed E-state index contributed by atoms with van der Waals surface area (Å²) in [4.78, 5) is 34.2. The molecule has 0 unspecified atom stereocenters. The van der Waals surface area contributed by atoms with E-state index in [-0.39, 0.29) is 11.5 Å². The molecule has 0 aliphatic carbocycles. The van der Waals surface area contributed by atoms with Crippen LogP contribution in [0, 0.1) is 20.8 Å². The van der Waals surface area contributed by atoms with Crippen molar-refractivity contribution in [2.45, 2.75) is 33.7 Å². The third-order valence-corrected chi connectivity index (χ3v) is 6.35. The first-order valence-electron chi connectivity index (χ1n) is 10.6. The van der Waals surface area contributed by atoms with Crippen LogP contribution in [0.4, 0.5) is 5.69 Å². The van der Waals surface area contributed by atoms with Crippen LogP contribution in [0.3, 0.4) is 0 Å². The first-order chi connectivity index (χ1) is 14.8. The quantitative estimate of drug-likeness (QED) is 0.623. The van der Waals surface area contributed by atoms with Crippen LogP contribution in [0.5, 0.6) is 0 Å². The largest absolute Gasteiger partial charge is 0.368 e. The summed E-state index contributed by atoms with van der Waals surface area (Å²) in [5.74, 6) is 0.0779. The summed E-state index contributed by atoms with van der Waals surface area (Å²) in [6, 6.07) is 11.8. The van der Waals surface area contributed by atoms with E-state index < -0.39 is 0 Å². The van der Waals surface area contributed by atoms with E-state index in [1.54, 1.807) is 11.5 Å². The third-order valence-electron chi connectivity index (χ3n) is 6.10.